The molecule has 4 heteroatoms. The van der Waals surface area contributed by atoms with E-state index in [-0.39, 0.29) is 16.6 Å². The summed E-state index contributed by atoms with van der Waals surface area (Å²) in [5.41, 5.74) is 10.5. The molecule has 2 aromatic heterocycles. The second-order valence-electron chi connectivity index (χ2n) is 15.2. The van der Waals surface area contributed by atoms with Crippen LogP contribution in [0.25, 0.3) is 66.1 Å². The van der Waals surface area contributed by atoms with E-state index >= 15 is 0 Å². The van der Waals surface area contributed by atoms with Crippen molar-refractivity contribution in [3.8, 4) is 28.6 Å². The summed E-state index contributed by atoms with van der Waals surface area (Å²) in [4.78, 5) is 0. The van der Waals surface area contributed by atoms with Crippen molar-refractivity contribution in [2.75, 3.05) is 0 Å². The van der Waals surface area contributed by atoms with Gasteiger partial charge < -0.3 is 9.13 Å². The van der Waals surface area contributed by atoms with Gasteiger partial charge in [0.2, 0.25) is 0 Å². The predicted octanol–water partition coefficient (Wildman–Crippen LogP) is 12.2. The van der Waals surface area contributed by atoms with Gasteiger partial charge in [0, 0.05) is 21.5 Å². The molecule has 0 bridgehead atoms. The van der Waals surface area contributed by atoms with E-state index in [0.717, 1.165) is 66.1 Å². The topological polar surface area (TPSA) is 33.6 Å². The van der Waals surface area contributed by atoms with Crippen molar-refractivity contribution in [3.63, 3.8) is 0 Å². The van der Waals surface area contributed by atoms with Crippen LogP contribution in [0, 0.1) is 17.1 Å². The standard InChI is InChI=1S/C45H38FN3/c1-44(2,3)30-17-21-40-35(25-30)33-11-7-9-13-38(33)48(40)42-23-29(28-15-19-32(46)20-16-28)24-43(37(42)27-47)49-39-14-10-8-12-34(39)36-26-31(45(4,5)6)18-22-41(36)49/h7-26H,1-6H3. The first-order valence-electron chi connectivity index (χ1n) is 16.9. The second-order valence-corrected chi connectivity index (χ2v) is 15.2. The second kappa shape index (κ2) is 10.9. The Morgan fingerprint density at radius 3 is 1.35 bits per heavy atom. The molecule has 0 aliphatic carbocycles. The normalized spacial score (nSPS) is 12.4. The first kappa shape index (κ1) is 30.7. The molecule has 0 aliphatic rings. The summed E-state index contributed by atoms with van der Waals surface area (Å²) in [6, 6.07) is 43.7. The summed E-state index contributed by atoms with van der Waals surface area (Å²) in [5, 5.41) is 15.7. The highest BCUT2D eigenvalue weighted by Crippen LogP contribution is 2.41. The third-order valence-electron chi connectivity index (χ3n) is 9.95. The van der Waals surface area contributed by atoms with Gasteiger partial charge in [0.05, 0.1) is 33.4 Å². The zero-order chi connectivity index (χ0) is 34.2. The third-order valence-corrected chi connectivity index (χ3v) is 9.95. The van der Waals surface area contributed by atoms with E-state index in [1.807, 2.05) is 12.1 Å². The largest absolute Gasteiger partial charge is 0.308 e. The average molecular weight is 640 g/mol. The van der Waals surface area contributed by atoms with Gasteiger partial charge in [0.15, 0.2) is 0 Å². The quantitative estimate of drug-likeness (QED) is 0.189. The fraction of sp³-hybridized carbons (Fsp3) is 0.178. The minimum absolute atomic E-state index is 0.0196. The maximum absolute atomic E-state index is 14.2. The summed E-state index contributed by atoms with van der Waals surface area (Å²) in [6.45, 7) is 13.4. The Balaban J connectivity index is 1.52. The van der Waals surface area contributed by atoms with Gasteiger partial charge in [-0.3, -0.25) is 0 Å². The first-order chi connectivity index (χ1) is 23.4. The van der Waals surface area contributed by atoms with E-state index in [0.29, 0.717) is 5.56 Å². The number of benzene rings is 6. The number of aromatic nitrogens is 2. The van der Waals surface area contributed by atoms with Gasteiger partial charge in [-0.25, -0.2) is 4.39 Å². The lowest BCUT2D eigenvalue weighted by molar-refractivity contribution is 0.591. The lowest BCUT2D eigenvalue weighted by Gasteiger charge is -2.20. The fourth-order valence-electron chi connectivity index (χ4n) is 7.29. The molecule has 3 nitrogen and oxygen atoms in total. The SMILES string of the molecule is CC(C)(C)c1ccc2c(c1)c1ccccc1n2-c1cc(-c2ccc(F)cc2)cc(-n2c3ccccc3c3cc(C(C)(C)C)ccc32)c1C#N. The van der Waals surface area contributed by atoms with Gasteiger partial charge in [-0.2, -0.15) is 5.26 Å². The van der Waals surface area contributed by atoms with Crippen LogP contribution in [0.1, 0.15) is 58.2 Å². The molecule has 0 amide bonds. The van der Waals surface area contributed by atoms with Crippen LogP contribution in [0.2, 0.25) is 0 Å². The van der Waals surface area contributed by atoms with Gasteiger partial charge in [0.25, 0.3) is 0 Å². The third kappa shape index (κ3) is 4.92. The van der Waals surface area contributed by atoms with Crippen LogP contribution in [0.5, 0.6) is 0 Å². The van der Waals surface area contributed by atoms with Crippen LogP contribution in [0.3, 0.4) is 0 Å². The van der Waals surface area contributed by atoms with Crippen LogP contribution in [-0.4, -0.2) is 9.13 Å². The van der Waals surface area contributed by atoms with E-state index in [1.54, 1.807) is 0 Å². The molecule has 0 saturated carbocycles. The smallest absolute Gasteiger partial charge is 0.123 e. The molecular weight excluding hydrogens is 602 g/mol. The minimum atomic E-state index is -0.285. The Labute approximate surface area is 286 Å². The average Bonchev–Trinajstić information content (AvgIpc) is 3.59. The van der Waals surface area contributed by atoms with Crippen molar-refractivity contribution in [2.45, 2.75) is 52.4 Å². The summed E-state index contributed by atoms with van der Waals surface area (Å²) >= 11 is 0. The van der Waals surface area contributed by atoms with Crippen LogP contribution in [0.4, 0.5) is 4.39 Å². The van der Waals surface area contributed by atoms with E-state index in [4.69, 9.17) is 0 Å². The van der Waals surface area contributed by atoms with Gasteiger partial charge in [-0.05, 0) is 93.7 Å². The lowest BCUT2D eigenvalue weighted by Crippen LogP contribution is -2.10. The fourth-order valence-corrected chi connectivity index (χ4v) is 7.29. The summed E-state index contributed by atoms with van der Waals surface area (Å²) in [5.74, 6) is -0.285. The molecule has 0 spiro atoms. The zero-order valence-corrected chi connectivity index (χ0v) is 28.8. The van der Waals surface area contributed by atoms with Crippen LogP contribution in [-0.2, 0) is 10.8 Å². The van der Waals surface area contributed by atoms with Crippen molar-refractivity contribution in [3.05, 3.63) is 144 Å². The highest BCUT2D eigenvalue weighted by molar-refractivity contribution is 6.11. The molecule has 240 valence electrons. The Kier molecular flexibility index (Phi) is 6.84. The van der Waals surface area contributed by atoms with Crippen molar-refractivity contribution >= 4 is 43.6 Å². The van der Waals surface area contributed by atoms with E-state index in [9.17, 15) is 9.65 Å². The summed E-state index contributed by atoms with van der Waals surface area (Å²) in [6.07, 6.45) is 0. The minimum Gasteiger partial charge on any atom is -0.308 e. The number of rotatable bonds is 3. The number of para-hydroxylation sites is 2. The number of halogens is 1. The van der Waals surface area contributed by atoms with Crippen molar-refractivity contribution in [1.29, 1.82) is 5.26 Å². The first-order valence-corrected chi connectivity index (χ1v) is 16.9. The van der Waals surface area contributed by atoms with Crippen LogP contribution < -0.4 is 0 Å². The molecule has 6 aromatic carbocycles. The molecule has 8 aromatic rings. The van der Waals surface area contributed by atoms with Gasteiger partial charge >= 0.3 is 0 Å². The zero-order valence-electron chi connectivity index (χ0n) is 28.8. The molecule has 8 rings (SSSR count). The summed E-state index contributed by atoms with van der Waals surface area (Å²) in [7, 11) is 0. The highest BCUT2D eigenvalue weighted by Gasteiger charge is 2.24. The molecule has 0 radical (unpaired) electrons. The maximum atomic E-state index is 14.2. The van der Waals surface area contributed by atoms with Crippen molar-refractivity contribution in [1.82, 2.24) is 9.13 Å². The molecule has 0 saturated heterocycles. The number of hydrogen-bond donors (Lipinski definition) is 0. The van der Waals surface area contributed by atoms with Gasteiger partial charge in [-0.1, -0.05) is 102 Å². The van der Waals surface area contributed by atoms with Crippen LogP contribution in [0.15, 0.2) is 121 Å². The summed E-state index contributed by atoms with van der Waals surface area (Å²) < 4.78 is 18.7. The molecule has 2 heterocycles. The van der Waals surface area contributed by atoms with Gasteiger partial charge in [-0.15, -0.1) is 0 Å². The Morgan fingerprint density at radius 2 is 0.918 bits per heavy atom. The van der Waals surface area contributed by atoms with Crippen molar-refractivity contribution in [2.24, 2.45) is 0 Å². The maximum Gasteiger partial charge on any atom is 0.123 e. The molecule has 0 N–H and O–H groups in total. The molecule has 0 fully saturated rings. The number of nitrogens with zero attached hydrogens (tertiary/aromatic N) is 3. The Bertz CT molecular complexity index is 2480. The highest BCUT2D eigenvalue weighted by atomic mass is 19.1. The lowest BCUT2D eigenvalue weighted by atomic mass is 9.86. The van der Waals surface area contributed by atoms with E-state index in [1.165, 1.54) is 23.3 Å². The molecule has 0 atom stereocenters. The molecule has 0 aliphatic heterocycles. The Morgan fingerprint density at radius 1 is 0.490 bits per heavy atom. The Hall–Kier alpha value is -5.66. The molecular formula is C45H38FN3. The predicted molar refractivity (Wildman–Crippen MR) is 203 cm³/mol. The number of nitriles is 1. The van der Waals surface area contributed by atoms with Gasteiger partial charge in [0.1, 0.15) is 17.4 Å². The van der Waals surface area contributed by atoms with Crippen molar-refractivity contribution < 1.29 is 4.39 Å². The number of fused-ring (bicyclic) bond motifs is 6. The van der Waals surface area contributed by atoms with E-state index < -0.39 is 0 Å². The monoisotopic (exact) mass is 639 g/mol. The number of hydrogen-bond acceptors (Lipinski definition) is 1. The molecule has 49 heavy (non-hydrogen) atoms. The van der Waals surface area contributed by atoms with Crippen LogP contribution >= 0.6 is 0 Å². The molecule has 0 unspecified atom stereocenters. The van der Waals surface area contributed by atoms with E-state index in [2.05, 4.69) is 154 Å².